The normalized spacial score (nSPS) is 14.9. The molecular weight excluding hydrogens is 168 g/mol. The number of carboxylic acid groups (broad SMARTS) is 1. The summed E-state index contributed by atoms with van der Waals surface area (Å²) in [6.07, 6.45) is 1.81. The van der Waals surface area contributed by atoms with Crippen molar-refractivity contribution >= 4 is 11.8 Å². The Hall–Kier alpha value is -1.06. The van der Waals surface area contributed by atoms with Crippen LogP contribution in [0.15, 0.2) is 0 Å². The lowest BCUT2D eigenvalue weighted by atomic mass is 9.88. The van der Waals surface area contributed by atoms with E-state index < -0.39 is 5.97 Å². The van der Waals surface area contributed by atoms with Gasteiger partial charge in [-0.3, -0.25) is 10.2 Å². The van der Waals surface area contributed by atoms with Crippen LogP contribution in [0.3, 0.4) is 0 Å². The molecule has 0 heterocycles. The van der Waals surface area contributed by atoms with E-state index in [-0.39, 0.29) is 17.7 Å². The van der Waals surface area contributed by atoms with E-state index in [0.29, 0.717) is 19.3 Å². The van der Waals surface area contributed by atoms with Crippen LogP contribution in [0.5, 0.6) is 0 Å². The fraction of sp³-hybridized carbons (Fsp3) is 0.778. The van der Waals surface area contributed by atoms with Gasteiger partial charge in [0.15, 0.2) is 0 Å². The van der Waals surface area contributed by atoms with Gasteiger partial charge in [-0.1, -0.05) is 13.8 Å². The average molecular weight is 186 g/mol. The Morgan fingerprint density at radius 1 is 1.62 bits per heavy atom. The Labute approximate surface area is 78.6 Å². The van der Waals surface area contributed by atoms with Gasteiger partial charge in [-0.25, -0.2) is 0 Å². The van der Waals surface area contributed by atoms with Crippen molar-refractivity contribution in [3.05, 3.63) is 0 Å². The van der Waals surface area contributed by atoms with E-state index in [1.54, 1.807) is 0 Å². The van der Waals surface area contributed by atoms with Crippen LogP contribution in [0.4, 0.5) is 0 Å². The van der Waals surface area contributed by atoms with Gasteiger partial charge in [0, 0.05) is 6.42 Å². The van der Waals surface area contributed by atoms with E-state index in [4.69, 9.17) is 16.2 Å². The number of amidine groups is 1. The SMILES string of the molecule is CCC(C(=O)O)C(C)CCC(=N)N. The lowest BCUT2D eigenvalue weighted by molar-refractivity contribution is -0.143. The van der Waals surface area contributed by atoms with Crippen molar-refractivity contribution in [1.29, 1.82) is 5.41 Å². The van der Waals surface area contributed by atoms with Gasteiger partial charge in [0.05, 0.1) is 11.8 Å². The largest absolute Gasteiger partial charge is 0.481 e. The number of nitrogens with one attached hydrogen (secondary N) is 1. The first-order chi connectivity index (χ1) is 5.99. The average Bonchev–Trinajstić information content (AvgIpc) is 2.01. The molecule has 0 fully saturated rings. The zero-order valence-electron chi connectivity index (χ0n) is 8.21. The number of carbonyl (C=O) groups is 1. The maximum Gasteiger partial charge on any atom is 0.306 e. The van der Waals surface area contributed by atoms with Crippen LogP contribution in [-0.4, -0.2) is 16.9 Å². The molecule has 0 aromatic rings. The topological polar surface area (TPSA) is 87.2 Å². The van der Waals surface area contributed by atoms with Crippen molar-refractivity contribution < 1.29 is 9.90 Å². The van der Waals surface area contributed by atoms with E-state index >= 15 is 0 Å². The van der Waals surface area contributed by atoms with Crippen molar-refractivity contribution in [2.45, 2.75) is 33.1 Å². The highest BCUT2D eigenvalue weighted by atomic mass is 16.4. The highest BCUT2D eigenvalue weighted by molar-refractivity contribution is 5.77. The molecular formula is C9H18N2O2. The van der Waals surface area contributed by atoms with Crippen LogP contribution in [0, 0.1) is 17.2 Å². The molecule has 0 saturated heterocycles. The first-order valence-corrected chi connectivity index (χ1v) is 4.54. The molecule has 13 heavy (non-hydrogen) atoms. The molecule has 0 rings (SSSR count). The van der Waals surface area contributed by atoms with Crippen LogP contribution in [0.2, 0.25) is 0 Å². The molecule has 0 aromatic heterocycles. The molecule has 0 radical (unpaired) electrons. The maximum absolute atomic E-state index is 10.7. The smallest absolute Gasteiger partial charge is 0.306 e. The molecule has 0 aliphatic heterocycles. The van der Waals surface area contributed by atoms with Crippen LogP contribution in [0.25, 0.3) is 0 Å². The highest BCUT2D eigenvalue weighted by Crippen LogP contribution is 2.20. The molecule has 0 amide bonds. The van der Waals surface area contributed by atoms with Crippen molar-refractivity contribution in [3.63, 3.8) is 0 Å². The third kappa shape index (κ3) is 4.50. The van der Waals surface area contributed by atoms with Crippen molar-refractivity contribution in [2.24, 2.45) is 17.6 Å². The van der Waals surface area contributed by atoms with Crippen LogP contribution < -0.4 is 5.73 Å². The highest BCUT2D eigenvalue weighted by Gasteiger charge is 2.22. The molecule has 0 aliphatic carbocycles. The lowest BCUT2D eigenvalue weighted by Crippen LogP contribution is -2.22. The summed E-state index contributed by atoms with van der Waals surface area (Å²) in [5, 5.41) is 15.8. The standard InChI is InChI=1S/C9H18N2O2/c1-3-7(9(12)13)6(2)4-5-8(10)11/h6-7H,3-5H2,1-2H3,(H3,10,11)(H,12,13). The molecule has 0 aliphatic rings. The number of nitrogens with two attached hydrogens (primary N) is 1. The van der Waals surface area contributed by atoms with Gasteiger partial charge in [-0.2, -0.15) is 0 Å². The van der Waals surface area contributed by atoms with Gasteiger partial charge < -0.3 is 10.8 Å². The molecule has 4 N–H and O–H groups in total. The van der Waals surface area contributed by atoms with Crippen LogP contribution >= 0.6 is 0 Å². The van der Waals surface area contributed by atoms with Gasteiger partial charge in [-0.15, -0.1) is 0 Å². The summed E-state index contributed by atoms with van der Waals surface area (Å²) in [5.41, 5.74) is 5.19. The quantitative estimate of drug-likeness (QED) is 0.433. The summed E-state index contributed by atoms with van der Waals surface area (Å²) in [5.74, 6) is -0.837. The van der Waals surface area contributed by atoms with Crippen molar-refractivity contribution in [2.75, 3.05) is 0 Å². The molecule has 0 bridgehead atoms. The van der Waals surface area contributed by atoms with E-state index in [2.05, 4.69) is 0 Å². The molecule has 76 valence electrons. The fourth-order valence-corrected chi connectivity index (χ4v) is 1.40. The predicted molar refractivity (Wildman–Crippen MR) is 51.7 cm³/mol. The summed E-state index contributed by atoms with van der Waals surface area (Å²) < 4.78 is 0. The van der Waals surface area contributed by atoms with Gasteiger partial charge >= 0.3 is 5.97 Å². The number of aliphatic carboxylic acids is 1. The first kappa shape index (κ1) is 11.9. The zero-order valence-corrected chi connectivity index (χ0v) is 8.21. The van der Waals surface area contributed by atoms with Gasteiger partial charge in [-0.05, 0) is 18.8 Å². The molecule has 0 saturated carbocycles. The Morgan fingerprint density at radius 2 is 2.15 bits per heavy atom. The summed E-state index contributed by atoms with van der Waals surface area (Å²) in [7, 11) is 0. The number of hydrogen-bond acceptors (Lipinski definition) is 2. The Balaban J connectivity index is 3.98. The third-order valence-corrected chi connectivity index (χ3v) is 2.31. The summed E-state index contributed by atoms with van der Waals surface area (Å²) in [6, 6.07) is 0. The second kappa shape index (κ2) is 5.56. The minimum atomic E-state index is -0.751. The number of carboxylic acids is 1. The molecule has 4 nitrogen and oxygen atoms in total. The van der Waals surface area contributed by atoms with Gasteiger partial charge in [0.25, 0.3) is 0 Å². The minimum Gasteiger partial charge on any atom is -0.481 e. The maximum atomic E-state index is 10.7. The van der Waals surface area contributed by atoms with E-state index in [1.807, 2.05) is 13.8 Å². The summed E-state index contributed by atoms with van der Waals surface area (Å²) in [4.78, 5) is 10.7. The van der Waals surface area contributed by atoms with Crippen molar-refractivity contribution in [1.82, 2.24) is 0 Å². The summed E-state index contributed by atoms with van der Waals surface area (Å²) in [6.45, 7) is 3.76. The molecule has 0 aromatic carbocycles. The predicted octanol–water partition coefficient (Wildman–Crippen LogP) is 1.45. The molecule has 2 atom stereocenters. The zero-order chi connectivity index (χ0) is 10.4. The fourth-order valence-electron chi connectivity index (χ4n) is 1.40. The second-order valence-electron chi connectivity index (χ2n) is 3.39. The monoisotopic (exact) mass is 186 g/mol. The molecule has 0 spiro atoms. The van der Waals surface area contributed by atoms with Crippen molar-refractivity contribution in [3.8, 4) is 0 Å². The third-order valence-electron chi connectivity index (χ3n) is 2.31. The minimum absolute atomic E-state index is 0.0893. The molecule has 2 unspecified atom stereocenters. The van der Waals surface area contributed by atoms with Crippen LogP contribution in [0.1, 0.15) is 33.1 Å². The molecule has 4 heteroatoms. The number of rotatable bonds is 6. The Kier molecular flexibility index (Phi) is 5.11. The first-order valence-electron chi connectivity index (χ1n) is 4.54. The van der Waals surface area contributed by atoms with E-state index in [9.17, 15) is 4.79 Å². The van der Waals surface area contributed by atoms with Gasteiger partial charge in [0.2, 0.25) is 0 Å². The Morgan fingerprint density at radius 3 is 2.46 bits per heavy atom. The second-order valence-corrected chi connectivity index (χ2v) is 3.39. The lowest BCUT2D eigenvalue weighted by Gasteiger charge is -2.17. The Bertz CT molecular complexity index is 192. The van der Waals surface area contributed by atoms with Crippen LogP contribution in [-0.2, 0) is 4.79 Å². The van der Waals surface area contributed by atoms with E-state index in [1.165, 1.54) is 0 Å². The number of hydrogen-bond donors (Lipinski definition) is 3. The van der Waals surface area contributed by atoms with Gasteiger partial charge in [0.1, 0.15) is 0 Å². The summed E-state index contributed by atoms with van der Waals surface area (Å²) >= 11 is 0. The van der Waals surface area contributed by atoms with E-state index in [0.717, 1.165) is 0 Å².